The zero-order valence-corrected chi connectivity index (χ0v) is 10.3. The Morgan fingerprint density at radius 1 is 1.69 bits per heavy atom. The van der Waals surface area contributed by atoms with Gasteiger partial charge in [0.1, 0.15) is 6.04 Å². The predicted molar refractivity (Wildman–Crippen MR) is 57.6 cm³/mol. The zero-order chi connectivity index (χ0) is 12.3. The van der Waals surface area contributed by atoms with Gasteiger partial charge in [0, 0.05) is 18.0 Å². The number of aromatic hydroxyl groups is 1. The maximum atomic E-state index is 10.4. The van der Waals surface area contributed by atoms with Crippen molar-refractivity contribution >= 4 is 21.9 Å². The van der Waals surface area contributed by atoms with E-state index in [1.165, 1.54) is 7.11 Å². The number of carbonyl (C=O) groups is 1. The van der Waals surface area contributed by atoms with E-state index in [9.17, 15) is 15.0 Å². The largest absolute Gasteiger partial charge is 0.550 e. The Morgan fingerprint density at radius 3 is 2.81 bits per heavy atom. The summed E-state index contributed by atoms with van der Waals surface area (Å²) in [5.74, 6) is -0.911. The molecule has 1 aromatic carbocycles. The standard InChI is InChI=1S/C10H12BrNO4/c1-16-8-3-5(2-6(11)10(8)15)7(12)4-9(13)14/h2-3,7,15H,4,12H2,1H3,(H,13,14)/t7-/m0/s1. The molecule has 1 atom stereocenters. The SMILES string of the molecule is COc1cc([C@@H]([NH3+])CC(=O)[O-])cc(Br)c1O. The zero-order valence-electron chi connectivity index (χ0n) is 8.70. The van der Waals surface area contributed by atoms with Gasteiger partial charge < -0.3 is 25.5 Å². The molecule has 88 valence electrons. The predicted octanol–water partition coefficient (Wildman–Crippen LogP) is -0.414. The third kappa shape index (κ3) is 2.86. The molecule has 0 spiro atoms. The van der Waals surface area contributed by atoms with Gasteiger partial charge in [-0.1, -0.05) is 0 Å². The number of ether oxygens (including phenoxy) is 1. The first kappa shape index (κ1) is 12.8. The normalized spacial score (nSPS) is 12.2. The van der Waals surface area contributed by atoms with Gasteiger partial charge in [0.2, 0.25) is 0 Å². The number of carbonyl (C=O) groups excluding carboxylic acids is 1. The van der Waals surface area contributed by atoms with E-state index in [1.807, 2.05) is 0 Å². The van der Waals surface area contributed by atoms with Crippen molar-refractivity contribution in [3.05, 3.63) is 22.2 Å². The number of carboxylic acid groups (broad SMARTS) is 1. The molecule has 0 aliphatic heterocycles. The van der Waals surface area contributed by atoms with Crippen LogP contribution in [0.5, 0.6) is 11.5 Å². The first-order valence-corrected chi connectivity index (χ1v) is 5.34. The molecule has 6 heteroatoms. The van der Waals surface area contributed by atoms with Crippen LogP contribution in [0.4, 0.5) is 0 Å². The van der Waals surface area contributed by atoms with Crippen molar-refractivity contribution in [3.8, 4) is 11.5 Å². The van der Waals surface area contributed by atoms with E-state index in [4.69, 9.17) is 4.74 Å². The van der Waals surface area contributed by atoms with Gasteiger partial charge >= 0.3 is 0 Å². The van der Waals surface area contributed by atoms with Crippen molar-refractivity contribution in [1.29, 1.82) is 0 Å². The van der Waals surface area contributed by atoms with Crippen LogP contribution in [-0.2, 0) is 4.79 Å². The second-order valence-electron chi connectivity index (χ2n) is 3.33. The fourth-order valence-electron chi connectivity index (χ4n) is 1.30. The topological polar surface area (TPSA) is 97.2 Å². The maximum Gasteiger partial charge on any atom is 0.172 e. The molecule has 0 aliphatic carbocycles. The van der Waals surface area contributed by atoms with Gasteiger partial charge in [-0.25, -0.2) is 0 Å². The van der Waals surface area contributed by atoms with E-state index >= 15 is 0 Å². The molecule has 4 N–H and O–H groups in total. The Labute approximate surface area is 101 Å². The van der Waals surface area contributed by atoms with Crippen LogP contribution in [0.25, 0.3) is 0 Å². The summed E-state index contributed by atoms with van der Waals surface area (Å²) in [4.78, 5) is 10.4. The molecule has 1 aromatic rings. The Balaban J connectivity index is 3.05. The summed E-state index contributed by atoms with van der Waals surface area (Å²) in [7, 11) is 1.42. The smallest absolute Gasteiger partial charge is 0.172 e. The van der Waals surface area contributed by atoms with E-state index in [0.717, 1.165) is 0 Å². The molecule has 0 saturated heterocycles. The summed E-state index contributed by atoms with van der Waals surface area (Å²) in [6.07, 6.45) is -0.180. The molecule has 0 aromatic heterocycles. The van der Waals surface area contributed by atoms with E-state index in [1.54, 1.807) is 12.1 Å². The number of carboxylic acids is 1. The second-order valence-corrected chi connectivity index (χ2v) is 4.18. The molecule has 16 heavy (non-hydrogen) atoms. The molecule has 0 radical (unpaired) electrons. The van der Waals surface area contributed by atoms with Crippen LogP contribution < -0.4 is 15.6 Å². The average molecular weight is 290 g/mol. The first-order chi connectivity index (χ1) is 7.45. The third-order valence-corrected chi connectivity index (χ3v) is 2.76. The number of aliphatic carboxylic acids is 1. The Morgan fingerprint density at radius 2 is 2.31 bits per heavy atom. The highest BCUT2D eigenvalue weighted by atomic mass is 79.9. The lowest BCUT2D eigenvalue weighted by Crippen LogP contribution is -2.55. The highest BCUT2D eigenvalue weighted by Gasteiger charge is 2.15. The fourth-order valence-corrected chi connectivity index (χ4v) is 1.76. The molecular formula is C10H12BrNO4. The summed E-state index contributed by atoms with van der Waals surface area (Å²) in [5.41, 5.74) is 4.37. The number of phenolic OH excluding ortho intramolecular Hbond substituents is 1. The van der Waals surface area contributed by atoms with Gasteiger partial charge in [-0.15, -0.1) is 0 Å². The number of hydrogen-bond donors (Lipinski definition) is 2. The third-order valence-electron chi connectivity index (χ3n) is 2.16. The number of hydrogen-bond acceptors (Lipinski definition) is 4. The molecule has 0 saturated carbocycles. The van der Waals surface area contributed by atoms with Crippen molar-refractivity contribution < 1.29 is 25.5 Å². The Hall–Kier alpha value is -1.27. The second kappa shape index (κ2) is 5.18. The van der Waals surface area contributed by atoms with Crippen LogP contribution in [-0.4, -0.2) is 18.2 Å². The summed E-state index contributed by atoms with van der Waals surface area (Å²) < 4.78 is 5.39. The summed E-state index contributed by atoms with van der Waals surface area (Å²) >= 11 is 3.15. The highest BCUT2D eigenvalue weighted by molar-refractivity contribution is 9.10. The number of phenols is 1. The van der Waals surface area contributed by atoms with Gasteiger partial charge in [-0.05, 0) is 28.1 Å². The van der Waals surface area contributed by atoms with E-state index in [2.05, 4.69) is 21.7 Å². The number of benzene rings is 1. The van der Waals surface area contributed by atoms with Crippen LogP contribution in [0.3, 0.4) is 0 Å². The number of methoxy groups -OCH3 is 1. The van der Waals surface area contributed by atoms with Crippen LogP contribution in [0, 0.1) is 0 Å². The number of halogens is 1. The van der Waals surface area contributed by atoms with Crippen LogP contribution >= 0.6 is 15.9 Å². The summed E-state index contributed by atoms with van der Waals surface area (Å²) in [6.45, 7) is 0. The number of rotatable bonds is 4. The molecule has 0 unspecified atom stereocenters. The fraction of sp³-hybridized carbons (Fsp3) is 0.300. The van der Waals surface area contributed by atoms with Crippen molar-refractivity contribution in [2.45, 2.75) is 12.5 Å². The molecule has 0 bridgehead atoms. The summed E-state index contributed by atoms with van der Waals surface area (Å²) in [5, 5.41) is 20.0. The van der Waals surface area contributed by atoms with Gasteiger partial charge in [0.15, 0.2) is 11.5 Å². The highest BCUT2D eigenvalue weighted by Crippen LogP contribution is 2.36. The minimum absolute atomic E-state index is 0.0214. The van der Waals surface area contributed by atoms with E-state index < -0.39 is 12.0 Å². The van der Waals surface area contributed by atoms with E-state index in [0.29, 0.717) is 10.0 Å². The monoisotopic (exact) mass is 289 g/mol. The maximum absolute atomic E-state index is 10.4. The van der Waals surface area contributed by atoms with Crippen LogP contribution in [0.1, 0.15) is 18.0 Å². The molecule has 0 amide bonds. The minimum Gasteiger partial charge on any atom is -0.550 e. The molecule has 1 rings (SSSR count). The molecular weight excluding hydrogens is 278 g/mol. The molecule has 5 nitrogen and oxygen atoms in total. The Bertz CT molecular complexity index is 408. The summed E-state index contributed by atoms with van der Waals surface area (Å²) in [6, 6.07) is 2.72. The first-order valence-electron chi connectivity index (χ1n) is 4.55. The van der Waals surface area contributed by atoms with E-state index in [-0.39, 0.29) is 17.9 Å². The average Bonchev–Trinajstić information content (AvgIpc) is 2.20. The lowest BCUT2D eigenvalue weighted by Gasteiger charge is -2.13. The van der Waals surface area contributed by atoms with Gasteiger partial charge in [0.25, 0.3) is 0 Å². The van der Waals surface area contributed by atoms with Crippen LogP contribution in [0.2, 0.25) is 0 Å². The van der Waals surface area contributed by atoms with Crippen molar-refractivity contribution in [2.75, 3.05) is 7.11 Å². The minimum atomic E-state index is -1.16. The van der Waals surface area contributed by atoms with Crippen molar-refractivity contribution in [1.82, 2.24) is 0 Å². The lowest BCUT2D eigenvalue weighted by molar-refractivity contribution is -0.430. The van der Waals surface area contributed by atoms with Gasteiger partial charge in [0.05, 0.1) is 11.6 Å². The lowest BCUT2D eigenvalue weighted by atomic mass is 10.0. The quantitative estimate of drug-likeness (QED) is 0.787. The molecule has 0 aliphatic rings. The number of quaternary nitrogens is 1. The Kier molecular flexibility index (Phi) is 4.14. The molecule has 0 heterocycles. The van der Waals surface area contributed by atoms with Gasteiger partial charge in [-0.2, -0.15) is 0 Å². The van der Waals surface area contributed by atoms with Crippen molar-refractivity contribution in [3.63, 3.8) is 0 Å². The molecule has 0 fully saturated rings. The van der Waals surface area contributed by atoms with Gasteiger partial charge in [-0.3, -0.25) is 0 Å². The van der Waals surface area contributed by atoms with Crippen LogP contribution in [0.15, 0.2) is 16.6 Å². The van der Waals surface area contributed by atoms with Crippen molar-refractivity contribution in [2.24, 2.45) is 0 Å².